The normalized spacial score (nSPS) is 10.9. The van der Waals surface area contributed by atoms with Crippen molar-refractivity contribution in [1.29, 1.82) is 0 Å². The van der Waals surface area contributed by atoms with Gasteiger partial charge in [0.05, 0.1) is 6.61 Å². The zero-order valence-corrected chi connectivity index (χ0v) is 17.0. The zero-order chi connectivity index (χ0) is 19.7. The highest BCUT2D eigenvalue weighted by molar-refractivity contribution is 5.93. The van der Waals surface area contributed by atoms with Gasteiger partial charge in [0.25, 0.3) is 0 Å². The first-order chi connectivity index (χ1) is 13.2. The Balaban J connectivity index is 1.89. The Morgan fingerprint density at radius 1 is 0.778 bits per heavy atom. The van der Waals surface area contributed by atoms with Crippen LogP contribution in [0, 0.1) is 0 Å². The van der Waals surface area contributed by atoms with Crippen LogP contribution >= 0.6 is 0 Å². The Morgan fingerprint density at radius 2 is 1.26 bits per heavy atom. The maximum absolute atomic E-state index is 11.9. The van der Waals surface area contributed by atoms with Gasteiger partial charge in [-0.3, -0.25) is 0 Å². The van der Waals surface area contributed by atoms with Gasteiger partial charge in [-0.25, -0.2) is 4.79 Å². The summed E-state index contributed by atoms with van der Waals surface area (Å²) in [6.07, 6.45) is 18.0. The van der Waals surface area contributed by atoms with Crippen LogP contribution in [0.25, 0.3) is 0 Å². The Hall–Kier alpha value is -1.71. The molecule has 0 aromatic heterocycles. The van der Waals surface area contributed by atoms with Gasteiger partial charge in [0.2, 0.25) is 0 Å². The molecular formula is C23H38O4. The van der Waals surface area contributed by atoms with Crippen molar-refractivity contribution in [2.24, 2.45) is 0 Å². The van der Waals surface area contributed by atoms with E-state index >= 15 is 0 Å². The molecule has 0 unspecified atom stereocenters. The van der Waals surface area contributed by atoms with Gasteiger partial charge in [-0.05, 0) is 18.6 Å². The van der Waals surface area contributed by atoms with Gasteiger partial charge in [-0.15, -0.1) is 0 Å². The monoisotopic (exact) mass is 378 g/mol. The fourth-order valence-electron chi connectivity index (χ4n) is 3.24. The SMILES string of the molecule is CCCCCCCCCCCCCCCCOC(=O)c1cccc(O)c1O. The number of aromatic hydroxyl groups is 2. The lowest BCUT2D eigenvalue weighted by Crippen LogP contribution is -2.06. The molecule has 27 heavy (non-hydrogen) atoms. The largest absolute Gasteiger partial charge is 0.504 e. The van der Waals surface area contributed by atoms with Crippen LogP contribution in [0.5, 0.6) is 11.5 Å². The van der Waals surface area contributed by atoms with Gasteiger partial charge in [-0.1, -0.05) is 96.5 Å². The second kappa shape index (κ2) is 15.4. The molecule has 0 saturated heterocycles. The maximum atomic E-state index is 11.9. The van der Waals surface area contributed by atoms with Crippen LogP contribution in [0.15, 0.2) is 18.2 Å². The minimum Gasteiger partial charge on any atom is -0.504 e. The van der Waals surface area contributed by atoms with E-state index in [0.29, 0.717) is 6.61 Å². The fraction of sp³-hybridized carbons (Fsp3) is 0.696. The quantitative estimate of drug-likeness (QED) is 0.190. The van der Waals surface area contributed by atoms with Gasteiger partial charge in [0, 0.05) is 0 Å². The summed E-state index contributed by atoms with van der Waals surface area (Å²) < 4.78 is 5.16. The number of unbranched alkanes of at least 4 members (excludes halogenated alkanes) is 13. The molecule has 4 heteroatoms. The van der Waals surface area contributed by atoms with E-state index < -0.39 is 11.7 Å². The molecule has 1 rings (SSSR count). The molecule has 4 nitrogen and oxygen atoms in total. The number of hydrogen-bond acceptors (Lipinski definition) is 4. The number of carbonyl (C=O) groups is 1. The fourth-order valence-corrected chi connectivity index (χ4v) is 3.24. The standard InChI is InChI=1S/C23H38O4/c1-2-3-4-5-6-7-8-9-10-11-12-13-14-15-19-27-23(26)20-17-16-18-21(24)22(20)25/h16-18,24-25H,2-15,19H2,1H3. The number of ether oxygens (including phenoxy) is 1. The minimum atomic E-state index is -0.585. The summed E-state index contributed by atoms with van der Waals surface area (Å²) in [4.78, 5) is 11.9. The third kappa shape index (κ3) is 10.9. The van der Waals surface area contributed by atoms with E-state index in [9.17, 15) is 15.0 Å². The van der Waals surface area contributed by atoms with Crippen molar-refractivity contribution in [2.45, 2.75) is 96.8 Å². The van der Waals surface area contributed by atoms with E-state index in [1.165, 1.54) is 95.2 Å². The summed E-state index contributed by atoms with van der Waals surface area (Å²) in [5, 5.41) is 19.0. The smallest absolute Gasteiger partial charge is 0.342 e. The molecule has 2 N–H and O–H groups in total. The molecule has 0 fully saturated rings. The highest BCUT2D eigenvalue weighted by Gasteiger charge is 2.14. The van der Waals surface area contributed by atoms with Crippen molar-refractivity contribution in [3.63, 3.8) is 0 Å². The van der Waals surface area contributed by atoms with Crippen molar-refractivity contribution in [1.82, 2.24) is 0 Å². The molecule has 0 radical (unpaired) electrons. The Bertz CT molecular complexity index is 513. The Labute approximate surface area is 164 Å². The molecule has 0 heterocycles. The lowest BCUT2D eigenvalue weighted by atomic mass is 10.0. The van der Waals surface area contributed by atoms with Crippen LogP contribution in [0.4, 0.5) is 0 Å². The van der Waals surface area contributed by atoms with E-state index in [0.717, 1.165) is 12.8 Å². The second-order valence-electron chi connectivity index (χ2n) is 7.41. The summed E-state index contributed by atoms with van der Waals surface area (Å²) in [5.41, 5.74) is 0.0142. The van der Waals surface area contributed by atoms with Crippen LogP contribution in [0.1, 0.15) is 107 Å². The van der Waals surface area contributed by atoms with Crippen LogP contribution in [-0.2, 0) is 4.74 Å². The lowest BCUT2D eigenvalue weighted by molar-refractivity contribution is 0.0493. The highest BCUT2D eigenvalue weighted by atomic mass is 16.5. The van der Waals surface area contributed by atoms with Crippen molar-refractivity contribution < 1.29 is 19.7 Å². The number of rotatable bonds is 16. The molecule has 0 amide bonds. The third-order valence-corrected chi connectivity index (χ3v) is 4.97. The average Bonchev–Trinajstić information content (AvgIpc) is 2.67. The van der Waals surface area contributed by atoms with E-state index in [2.05, 4.69) is 6.92 Å². The number of esters is 1. The van der Waals surface area contributed by atoms with Gasteiger partial charge in [0.1, 0.15) is 5.56 Å². The molecular weight excluding hydrogens is 340 g/mol. The number of phenolic OH excluding ortho intramolecular Hbond substituents is 2. The van der Waals surface area contributed by atoms with E-state index in [1.807, 2.05) is 0 Å². The van der Waals surface area contributed by atoms with Crippen LogP contribution in [-0.4, -0.2) is 22.8 Å². The molecule has 0 aliphatic carbocycles. The Morgan fingerprint density at radius 3 is 1.78 bits per heavy atom. The molecule has 0 atom stereocenters. The van der Waals surface area contributed by atoms with Crippen molar-refractivity contribution >= 4 is 5.97 Å². The number of carbonyl (C=O) groups excluding carboxylic acids is 1. The van der Waals surface area contributed by atoms with Gasteiger partial charge in [-0.2, -0.15) is 0 Å². The second-order valence-corrected chi connectivity index (χ2v) is 7.41. The van der Waals surface area contributed by atoms with Crippen LogP contribution in [0.3, 0.4) is 0 Å². The first-order valence-electron chi connectivity index (χ1n) is 10.8. The molecule has 0 bridgehead atoms. The lowest BCUT2D eigenvalue weighted by Gasteiger charge is -2.07. The first kappa shape index (κ1) is 23.3. The van der Waals surface area contributed by atoms with E-state index in [1.54, 1.807) is 0 Å². The van der Waals surface area contributed by atoms with Crippen LogP contribution in [0.2, 0.25) is 0 Å². The van der Waals surface area contributed by atoms with Crippen molar-refractivity contribution in [3.05, 3.63) is 23.8 Å². The minimum absolute atomic E-state index is 0.0142. The molecule has 0 aliphatic rings. The predicted octanol–water partition coefficient (Wildman–Crippen LogP) is 6.74. The average molecular weight is 379 g/mol. The maximum Gasteiger partial charge on any atom is 0.342 e. The predicted molar refractivity (Wildman–Crippen MR) is 110 cm³/mol. The van der Waals surface area contributed by atoms with Gasteiger partial charge < -0.3 is 14.9 Å². The summed E-state index contributed by atoms with van der Waals surface area (Å²) in [7, 11) is 0. The molecule has 1 aromatic carbocycles. The summed E-state index contributed by atoms with van der Waals surface area (Å²) in [6, 6.07) is 4.29. The molecule has 0 aliphatic heterocycles. The molecule has 0 saturated carbocycles. The van der Waals surface area contributed by atoms with Gasteiger partial charge in [0.15, 0.2) is 11.5 Å². The number of hydrogen-bond donors (Lipinski definition) is 2. The number of phenols is 2. The van der Waals surface area contributed by atoms with Gasteiger partial charge >= 0.3 is 5.97 Å². The summed E-state index contributed by atoms with van der Waals surface area (Å²) in [5.74, 6) is -1.30. The van der Waals surface area contributed by atoms with E-state index in [4.69, 9.17) is 4.74 Å². The Kier molecular flexibility index (Phi) is 13.3. The number of para-hydroxylation sites is 1. The van der Waals surface area contributed by atoms with Crippen molar-refractivity contribution in [2.75, 3.05) is 6.61 Å². The molecule has 1 aromatic rings. The van der Waals surface area contributed by atoms with Crippen LogP contribution < -0.4 is 0 Å². The first-order valence-corrected chi connectivity index (χ1v) is 10.8. The molecule has 154 valence electrons. The highest BCUT2D eigenvalue weighted by Crippen LogP contribution is 2.28. The van der Waals surface area contributed by atoms with E-state index in [-0.39, 0.29) is 11.3 Å². The topological polar surface area (TPSA) is 66.8 Å². The summed E-state index contributed by atoms with van der Waals surface area (Å²) in [6.45, 7) is 2.61. The molecule has 0 spiro atoms. The third-order valence-electron chi connectivity index (χ3n) is 4.97. The van der Waals surface area contributed by atoms with Crippen molar-refractivity contribution in [3.8, 4) is 11.5 Å². The number of benzene rings is 1. The zero-order valence-electron chi connectivity index (χ0n) is 17.0. The summed E-state index contributed by atoms with van der Waals surface area (Å²) >= 11 is 0.